The van der Waals surface area contributed by atoms with E-state index < -0.39 is 10.0 Å². The average molecular weight is 439 g/mol. The molecule has 0 aliphatic rings. The van der Waals surface area contributed by atoms with Crippen molar-refractivity contribution in [1.29, 1.82) is 0 Å². The van der Waals surface area contributed by atoms with Crippen LogP contribution in [-0.4, -0.2) is 20.9 Å². The lowest BCUT2D eigenvalue weighted by Gasteiger charge is -2.10. The van der Waals surface area contributed by atoms with Crippen molar-refractivity contribution in [3.63, 3.8) is 0 Å². The zero-order valence-electron chi connectivity index (χ0n) is 17.6. The molecule has 3 aromatic carbocycles. The number of amides is 1. The van der Waals surface area contributed by atoms with E-state index in [1.165, 1.54) is 24.3 Å². The molecule has 0 spiro atoms. The summed E-state index contributed by atoms with van der Waals surface area (Å²) in [6.45, 7) is 5.49. The van der Waals surface area contributed by atoms with Gasteiger partial charge in [-0.2, -0.15) is 0 Å². The maximum atomic E-state index is 12.6. The Hall–Kier alpha value is -3.16. The molecule has 2 N–H and O–H groups in total. The van der Waals surface area contributed by atoms with Crippen LogP contribution in [0.2, 0.25) is 0 Å². The van der Waals surface area contributed by atoms with Gasteiger partial charge in [0, 0.05) is 24.4 Å². The Morgan fingerprint density at radius 1 is 0.871 bits per heavy atom. The van der Waals surface area contributed by atoms with Crippen molar-refractivity contribution in [3.8, 4) is 0 Å². The molecule has 0 aromatic heterocycles. The minimum absolute atomic E-state index is 0.0921. The highest BCUT2D eigenvalue weighted by atomic mass is 32.2. The quantitative estimate of drug-likeness (QED) is 0.523. The predicted octanol–water partition coefficient (Wildman–Crippen LogP) is 4.26. The first-order valence-corrected chi connectivity index (χ1v) is 11.5. The number of ether oxygens (including phenoxy) is 1. The summed E-state index contributed by atoms with van der Waals surface area (Å²) in [4.78, 5) is 12.5. The molecular weight excluding hydrogens is 412 g/mol. The van der Waals surface area contributed by atoms with E-state index in [1.54, 1.807) is 12.1 Å². The molecule has 0 aliphatic carbocycles. The van der Waals surface area contributed by atoms with Crippen LogP contribution >= 0.6 is 0 Å². The maximum absolute atomic E-state index is 12.6. The fourth-order valence-corrected chi connectivity index (χ4v) is 3.94. The molecule has 7 heteroatoms. The van der Waals surface area contributed by atoms with Gasteiger partial charge < -0.3 is 10.1 Å². The molecule has 0 radical (unpaired) electrons. The summed E-state index contributed by atoms with van der Waals surface area (Å²) < 4.78 is 33.0. The summed E-state index contributed by atoms with van der Waals surface area (Å²) in [5.41, 5.74) is 3.96. The molecule has 0 saturated heterocycles. The summed E-state index contributed by atoms with van der Waals surface area (Å²) in [6.07, 6.45) is 0. The van der Waals surface area contributed by atoms with Gasteiger partial charge in [0.2, 0.25) is 0 Å². The molecular formula is C24H26N2O4S. The van der Waals surface area contributed by atoms with E-state index in [2.05, 4.69) is 10.0 Å². The minimum Gasteiger partial charge on any atom is -0.377 e. The number of hydrogen-bond donors (Lipinski definition) is 2. The number of carbonyl (C=O) groups excluding carboxylic acids is 1. The number of sulfonamides is 1. The second kappa shape index (κ2) is 10.2. The minimum atomic E-state index is -3.73. The van der Waals surface area contributed by atoms with Gasteiger partial charge in [-0.3, -0.25) is 9.52 Å². The van der Waals surface area contributed by atoms with E-state index in [4.69, 9.17) is 4.74 Å². The summed E-state index contributed by atoms with van der Waals surface area (Å²) in [5, 5.41) is 2.85. The van der Waals surface area contributed by atoms with Gasteiger partial charge in [0.25, 0.3) is 15.9 Å². The topological polar surface area (TPSA) is 84.5 Å². The van der Waals surface area contributed by atoms with Crippen molar-refractivity contribution in [1.82, 2.24) is 5.32 Å². The van der Waals surface area contributed by atoms with E-state index in [9.17, 15) is 13.2 Å². The third-order valence-electron chi connectivity index (χ3n) is 4.68. The lowest BCUT2D eigenvalue weighted by Crippen LogP contribution is -2.23. The third kappa shape index (κ3) is 6.41. The maximum Gasteiger partial charge on any atom is 0.261 e. The van der Waals surface area contributed by atoms with Crippen LogP contribution < -0.4 is 10.0 Å². The standard InChI is InChI=1S/C24H26N2O4S/c1-3-30-17-20-8-6-19(7-9-20)16-25-24(27)21-10-14-23(15-11-21)31(28,29)26-22-12-4-18(2)5-13-22/h4-15,26H,3,16-17H2,1-2H3,(H,25,27). The molecule has 3 rings (SSSR count). The number of anilines is 1. The summed E-state index contributed by atoms with van der Waals surface area (Å²) in [5.74, 6) is -0.270. The van der Waals surface area contributed by atoms with Crippen molar-refractivity contribution < 1.29 is 17.9 Å². The van der Waals surface area contributed by atoms with Gasteiger partial charge in [0.05, 0.1) is 11.5 Å². The number of rotatable bonds is 9. The van der Waals surface area contributed by atoms with Crippen LogP contribution in [0.4, 0.5) is 5.69 Å². The predicted molar refractivity (Wildman–Crippen MR) is 121 cm³/mol. The Kier molecular flexibility index (Phi) is 7.44. The van der Waals surface area contributed by atoms with Crippen molar-refractivity contribution in [2.24, 2.45) is 0 Å². The molecule has 6 nitrogen and oxygen atoms in total. The fraction of sp³-hybridized carbons (Fsp3) is 0.208. The van der Waals surface area contributed by atoms with E-state index in [-0.39, 0.29) is 10.8 Å². The van der Waals surface area contributed by atoms with Crippen LogP contribution in [0.25, 0.3) is 0 Å². The Morgan fingerprint density at radius 3 is 2.10 bits per heavy atom. The molecule has 0 bridgehead atoms. The lowest BCUT2D eigenvalue weighted by atomic mass is 10.1. The molecule has 1 amide bonds. The zero-order chi connectivity index (χ0) is 22.3. The number of aryl methyl sites for hydroxylation is 1. The molecule has 0 atom stereocenters. The Morgan fingerprint density at radius 2 is 1.48 bits per heavy atom. The molecule has 0 unspecified atom stereocenters. The average Bonchev–Trinajstić information content (AvgIpc) is 2.78. The number of nitrogens with one attached hydrogen (secondary N) is 2. The van der Waals surface area contributed by atoms with Crippen LogP contribution in [0.3, 0.4) is 0 Å². The number of hydrogen-bond acceptors (Lipinski definition) is 4. The van der Waals surface area contributed by atoms with Gasteiger partial charge in [0.15, 0.2) is 0 Å². The van der Waals surface area contributed by atoms with E-state index in [0.717, 1.165) is 16.7 Å². The molecule has 162 valence electrons. The van der Waals surface area contributed by atoms with Gasteiger partial charge in [-0.1, -0.05) is 42.0 Å². The van der Waals surface area contributed by atoms with Gasteiger partial charge in [-0.05, 0) is 61.4 Å². The molecule has 0 aliphatic heterocycles. The number of carbonyl (C=O) groups is 1. The fourth-order valence-electron chi connectivity index (χ4n) is 2.88. The van der Waals surface area contributed by atoms with Crippen molar-refractivity contribution in [2.45, 2.75) is 31.9 Å². The highest BCUT2D eigenvalue weighted by Crippen LogP contribution is 2.17. The van der Waals surface area contributed by atoms with Gasteiger partial charge >= 0.3 is 0 Å². The zero-order valence-corrected chi connectivity index (χ0v) is 18.4. The molecule has 0 heterocycles. The van der Waals surface area contributed by atoms with Crippen molar-refractivity contribution in [3.05, 3.63) is 95.1 Å². The first-order chi connectivity index (χ1) is 14.9. The smallest absolute Gasteiger partial charge is 0.261 e. The van der Waals surface area contributed by atoms with Crippen LogP contribution in [0.5, 0.6) is 0 Å². The van der Waals surface area contributed by atoms with Crippen LogP contribution in [-0.2, 0) is 27.9 Å². The van der Waals surface area contributed by atoms with E-state index >= 15 is 0 Å². The van der Waals surface area contributed by atoms with Crippen LogP contribution in [0.15, 0.2) is 77.7 Å². The first-order valence-electron chi connectivity index (χ1n) is 10.0. The van der Waals surface area contributed by atoms with Gasteiger partial charge in [-0.15, -0.1) is 0 Å². The first kappa shape index (κ1) is 22.5. The second-order valence-corrected chi connectivity index (χ2v) is 8.81. The van der Waals surface area contributed by atoms with Gasteiger partial charge in [0.1, 0.15) is 0 Å². The molecule has 0 fully saturated rings. The molecule has 31 heavy (non-hydrogen) atoms. The molecule has 0 saturated carbocycles. The Balaban J connectivity index is 1.58. The summed E-state index contributed by atoms with van der Waals surface area (Å²) in [7, 11) is -3.73. The van der Waals surface area contributed by atoms with Crippen LogP contribution in [0.1, 0.15) is 34.0 Å². The highest BCUT2D eigenvalue weighted by molar-refractivity contribution is 7.92. The largest absolute Gasteiger partial charge is 0.377 e. The van der Waals surface area contributed by atoms with Gasteiger partial charge in [-0.25, -0.2) is 8.42 Å². The Labute approximate surface area is 183 Å². The second-order valence-electron chi connectivity index (χ2n) is 7.13. The lowest BCUT2D eigenvalue weighted by molar-refractivity contribution is 0.0950. The van der Waals surface area contributed by atoms with E-state index in [0.29, 0.717) is 31.0 Å². The van der Waals surface area contributed by atoms with Crippen molar-refractivity contribution in [2.75, 3.05) is 11.3 Å². The van der Waals surface area contributed by atoms with Crippen molar-refractivity contribution >= 4 is 21.6 Å². The van der Waals surface area contributed by atoms with Crippen LogP contribution in [0, 0.1) is 6.92 Å². The van der Waals surface area contributed by atoms with E-state index in [1.807, 2.05) is 50.2 Å². The summed E-state index contributed by atoms with van der Waals surface area (Å²) in [6, 6.07) is 20.8. The third-order valence-corrected chi connectivity index (χ3v) is 6.08. The summed E-state index contributed by atoms with van der Waals surface area (Å²) >= 11 is 0. The Bertz CT molecular complexity index is 1110. The highest BCUT2D eigenvalue weighted by Gasteiger charge is 2.15. The monoisotopic (exact) mass is 438 g/mol. The normalized spacial score (nSPS) is 11.2. The molecule has 3 aromatic rings. The SMILES string of the molecule is CCOCc1ccc(CNC(=O)c2ccc(S(=O)(=O)Nc3ccc(C)cc3)cc2)cc1. The number of benzene rings is 3.